The van der Waals surface area contributed by atoms with Crippen molar-refractivity contribution in [2.24, 2.45) is 7.05 Å². The Hall–Kier alpha value is -5.40. The van der Waals surface area contributed by atoms with Crippen molar-refractivity contribution in [1.29, 1.82) is 0 Å². The highest BCUT2D eigenvalue weighted by atomic mass is 19.4. The van der Waals surface area contributed by atoms with Gasteiger partial charge >= 0.3 is 6.18 Å². The van der Waals surface area contributed by atoms with Crippen molar-refractivity contribution in [3.8, 4) is 16.9 Å². The Kier molecular flexibility index (Phi) is 7.60. The van der Waals surface area contributed by atoms with Crippen LogP contribution in [0.25, 0.3) is 22.0 Å². The van der Waals surface area contributed by atoms with Crippen LogP contribution in [-0.2, 0) is 31.0 Å². The van der Waals surface area contributed by atoms with Gasteiger partial charge in [0.1, 0.15) is 5.75 Å². The molecule has 0 N–H and O–H groups in total. The van der Waals surface area contributed by atoms with Crippen LogP contribution < -0.4 is 14.5 Å². The highest BCUT2D eigenvalue weighted by molar-refractivity contribution is 6.16. The number of anilines is 2. The monoisotopic (exact) mass is 658 g/mol. The van der Waals surface area contributed by atoms with Crippen molar-refractivity contribution in [1.82, 2.24) is 29.2 Å². The molecule has 0 saturated carbocycles. The zero-order valence-corrected chi connectivity index (χ0v) is 26.9. The number of amides is 2. The van der Waals surface area contributed by atoms with Crippen LogP contribution in [0.1, 0.15) is 32.9 Å². The van der Waals surface area contributed by atoms with Crippen molar-refractivity contribution in [2.45, 2.75) is 26.1 Å². The summed E-state index contributed by atoms with van der Waals surface area (Å²) in [5, 5.41) is 4.41. The average molecular weight is 659 g/mol. The number of methoxy groups -OCH3 is 1. The van der Waals surface area contributed by atoms with Crippen molar-refractivity contribution in [2.75, 3.05) is 50.1 Å². The predicted octanol–water partition coefficient (Wildman–Crippen LogP) is 4.70. The number of hydrogen-bond donors (Lipinski definition) is 0. The van der Waals surface area contributed by atoms with Crippen molar-refractivity contribution in [3.63, 3.8) is 0 Å². The molecule has 2 aliphatic heterocycles. The van der Waals surface area contributed by atoms with Gasteiger partial charge < -0.3 is 24.0 Å². The molecule has 5 heterocycles. The molecule has 48 heavy (non-hydrogen) atoms. The SMILES string of the molecule is COc1ccc2nc(C)cc(N3CCc4c(cc(Cn5ccnc5)cc4-c4cn(C)nc4C(F)(F)F)C3=O)c2c1N1CCN(C)C(=O)C1. The molecule has 0 atom stereocenters. The summed E-state index contributed by atoms with van der Waals surface area (Å²) in [6.07, 6.45) is 1.94. The van der Waals surface area contributed by atoms with Gasteiger partial charge in [0, 0.05) is 75.7 Å². The fraction of sp³-hybridized carbons (Fsp3) is 0.324. The van der Waals surface area contributed by atoms with Gasteiger partial charge in [0.25, 0.3) is 5.91 Å². The Bertz CT molecular complexity index is 2070. The van der Waals surface area contributed by atoms with Gasteiger partial charge in [-0.15, -0.1) is 0 Å². The standard InChI is InChI=1S/C34H33F3N8O3/c1-20-13-27(30-26(39-20)5-6-28(48-4)31(30)44-12-11-41(2)29(46)18-44)45-9-7-22-23(25-17-42(3)40-32(25)34(35,36)37)14-21(15-24(22)33(45)47)16-43-10-8-38-19-43/h5-6,8,10,13-15,17,19H,7,9,11-12,16,18H2,1-4H3. The van der Waals surface area contributed by atoms with E-state index in [4.69, 9.17) is 9.72 Å². The van der Waals surface area contributed by atoms with Gasteiger partial charge in [0.2, 0.25) is 5.91 Å². The van der Waals surface area contributed by atoms with E-state index in [0.717, 1.165) is 4.68 Å². The fourth-order valence-corrected chi connectivity index (χ4v) is 6.75. The van der Waals surface area contributed by atoms with Crippen LogP contribution in [0.2, 0.25) is 0 Å². The van der Waals surface area contributed by atoms with Gasteiger partial charge in [0.05, 0.1) is 42.3 Å². The zero-order chi connectivity index (χ0) is 33.9. The Labute approximate surface area is 274 Å². The maximum atomic E-state index is 14.7. The van der Waals surface area contributed by atoms with Crippen LogP contribution in [-0.4, -0.2) is 81.4 Å². The molecular formula is C34H33F3N8O3. The molecule has 14 heteroatoms. The molecule has 1 fully saturated rings. The lowest BCUT2D eigenvalue weighted by atomic mass is 9.87. The molecule has 1 saturated heterocycles. The second-order valence-corrected chi connectivity index (χ2v) is 12.2. The van der Waals surface area contributed by atoms with E-state index in [1.807, 2.05) is 30.0 Å². The number of carbonyl (C=O) groups is 2. The first-order chi connectivity index (χ1) is 22.9. The summed E-state index contributed by atoms with van der Waals surface area (Å²) in [6.45, 7) is 3.54. The number of piperazine rings is 1. The normalized spacial score (nSPS) is 15.4. The van der Waals surface area contributed by atoms with E-state index in [0.29, 0.717) is 82.0 Å². The minimum Gasteiger partial charge on any atom is -0.495 e. The maximum absolute atomic E-state index is 14.7. The Morgan fingerprint density at radius 1 is 1.00 bits per heavy atom. The van der Waals surface area contributed by atoms with Crippen molar-refractivity contribution in [3.05, 3.63) is 83.3 Å². The minimum absolute atomic E-state index is 0.0449. The molecule has 0 bridgehead atoms. The summed E-state index contributed by atoms with van der Waals surface area (Å²) in [7, 11) is 4.77. The van der Waals surface area contributed by atoms with E-state index >= 15 is 0 Å². The molecule has 3 aromatic heterocycles. The number of likely N-dealkylation sites (N-methyl/N-ethyl adjacent to an activating group) is 1. The number of fused-ring (bicyclic) bond motifs is 2. The molecule has 0 spiro atoms. The van der Waals surface area contributed by atoms with E-state index in [2.05, 4.69) is 10.1 Å². The molecule has 5 aromatic rings. The second kappa shape index (κ2) is 11.7. The van der Waals surface area contributed by atoms with Crippen LogP contribution in [0.3, 0.4) is 0 Å². The summed E-state index contributed by atoms with van der Waals surface area (Å²) < 4.78 is 51.4. The first kappa shape index (κ1) is 31.2. The largest absolute Gasteiger partial charge is 0.495 e. The number of rotatable bonds is 6. The van der Waals surface area contributed by atoms with Crippen LogP contribution in [0.5, 0.6) is 5.75 Å². The summed E-state index contributed by atoms with van der Waals surface area (Å²) in [5.74, 6) is 0.145. The summed E-state index contributed by atoms with van der Waals surface area (Å²) in [5.41, 5.74) is 3.29. The van der Waals surface area contributed by atoms with Gasteiger partial charge in [0.15, 0.2) is 5.69 Å². The lowest BCUT2D eigenvalue weighted by molar-refractivity contribution is -0.141. The molecule has 11 nitrogen and oxygen atoms in total. The number of nitrogens with zero attached hydrogens (tertiary/aromatic N) is 8. The first-order valence-corrected chi connectivity index (χ1v) is 15.4. The predicted molar refractivity (Wildman–Crippen MR) is 173 cm³/mol. The zero-order valence-electron chi connectivity index (χ0n) is 26.9. The van der Waals surface area contributed by atoms with Crippen LogP contribution in [0.4, 0.5) is 24.5 Å². The summed E-state index contributed by atoms with van der Waals surface area (Å²) >= 11 is 0. The maximum Gasteiger partial charge on any atom is 0.435 e. The number of ether oxygens (including phenoxy) is 1. The highest BCUT2D eigenvalue weighted by Gasteiger charge is 2.39. The van der Waals surface area contributed by atoms with E-state index in [-0.39, 0.29) is 30.5 Å². The Morgan fingerprint density at radius 2 is 1.79 bits per heavy atom. The number of aromatic nitrogens is 5. The van der Waals surface area contributed by atoms with Crippen molar-refractivity contribution >= 4 is 34.1 Å². The smallest absolute Gasteiger partial charge is 0.435 e. The number of carbonyl (C=O) groups excluding carboxylic acids is 2. The third-order valence-corrected chi connectivity index (χ3v) is 8.98. The molecule has 2 aromatic carbocycles. The quantitative estimate of drug-likeness (QED) is 0.261. The number of imidazole rings is 1. The summed E-state index contributed by atoms with van der Waals surface area (Å²) in [6, 6.07) is 8.95. The first-order valence-electron chi connectivity index (χ1n) is 15.4. The van der Waals surface area contributed by atoms with E-state index in [1.165, 1.54) is 13.2 Å². The van der Waals surface area contributed by atoms with Gasteiger partial charge in [-0.1, -0.05) is 0 Å². The van der Waals surface area contributed by atoms with Gasteiger partial charge in [-0.3, -0.25) is 19.3 Å². The Morgan fingerprint density at radius 3 is 2.50 bits per heavy atom. The number of alkyl halides is 3. The molecule has 2 amide bonds. The Balaban J connectivity index is 1.41. The average Bonchev–Trinajstić information content (AvgIpc) is 3.71. The van der Waals surface area contributed by atoms with Gasteiger partial charge in [-0.05, 0) is 60.4 Å². The molecular weight excluding hydrogens is 625 g/mol. The number of pyridine rings is 1. The molecule has 0 radical (unpaired) electrons. The molecule has 0 aliphatic carbocycles. The van der Waals surface area contributed by atoms with E-state index in [9.17, 15) is 22.8 Å². The van der Waals surface area contributed by atoms with Gasteiger partial charge in [-0.2, -0.15) is 18.3 Å². The number of benzene rings is 2. The number of aryl methyl sites for hydroxylation is 2. The van der Waals surface area contributed by atoms with E-state index < -0.39 is 11.9 Å². The topological polar surface area (TPSA) is 102 Å². The third kappa shape index (κ3) is 5.40. The van der Waals surface area contributed by atoms with Gasteiger partial charge in [-0.25, -0.2) is 4.98 Å². The highest BCUT2D eigenvalue weighted by Crippen LogP contribution is 2.44. The number of hydrogen-bond acceptors (Lipinski definition) is 7. The molecule has 7 rings (SSSR count). The van der Waals surface area contributed by atoms with E-state index in [1.54, 1.807) is 59.4 Å². The van der Waals surface area contributed by atoms with Crippen LogP contribution >= 0.6 is 0 Å². The minimum atomic E-state index is -4.69. The fourth-order valence-electron chi connectivity index (χ4n) is 6.75. The molecule has 248 valence electrons. The van der Waals surface area contributed by atoms with Crippen LogP contribution in [0, 0.1) is 6.92 Å². The summed E-state index contributed by atoms with van der Waals surface area (Å²) in [4.78, 5) is 41.6. The molecule has 0 unspecified atom stereocenters. The lowest BCUT2D eigenvalue weighted by Crippen LogP contribution is -2.48. The second-order valence-electron chi connectivity index (χ2n) is 12.2. The third-order valence-electron chi connectivity index (χ3n) is 8.98. The number of halogens is 3. The molecule has 2 aliphatic rings. The lowest BCUT2D eigenvalue weighted by Gasteiger charge is -2.36. The van der Waals surface area contributed by atoms with Crippen molar-refractivity contribution < 1.29 is 27.5 Å². The van der Waals surface area contributed by atoms with Crippen LogP contribution in [0.15, 0.2) is 55.2 Å².